The third-order valence-electron chi connectivity index (χ3n) is 6.34. The Kier molecular flexibility index (Phi) is 5.31. The molecule has 32 heavy (non-hydrogen) atoms. The van der Waals surface area contributed by atoms with Crippen molar-refractivity contribution in [1.29, 1.82) is 0 Å². The van der Waals surface area contributed by atoms with Crippen molar-refractivity contribution in [3.63, 3.8) is 0 Å². The van der Waals surface area contributed by atoms with Crippen LogP contribution in [0.2, 0.25) is 0 Å². The number of carboxylic acid groups (broad SMARTS) is 1. The highest BCUT2D eigenvalue weighted by Crippen LogP contribution is 2.26. The Morgan fingerprint density at radius 1 is 1.03 bits per heavy atom. The summed E-state index contributed by atoms with van der Waals surface area (Å²) in [5, 5.41) is 18.9. The molecule has 0 atom stereocenters. The van der Waals surface area contributed by atoms with Gasteiger partial charge in [0.15, 0.2) is 0 Å². The van der Waals surface area contributed by atoms with E-state index < -0.39 is 5.97 Å². The summed E-state index contributed by atoms with van der Waals surface area (Å²) in [5.74, 6) is -1.22. The maximum Gasteiger partial charge on any atom is 0.306 e. The molecule has 0 aliphatic heterocycles. The summed E-state index contributed by atoms with van der Waals surface area (Å²) in [4.78, 5) is 28.9. The number of nitrogens with one attached hydrogen (secondary N) is 1. The van der Waals surface area contributed by atoms with Gasteiger partial charge in [-0.05, 0) is 48.8 Å². The molecular weight excluding hydrogens is 404 g/mol. The Balaban J connectivity index is 1.39. The second-order valence-corrected chi connectivity index (χ2v) is 8.44. The van der Waals surface area contributed by atoms with E-state index in [1.165, 1.54) is 0 Å². The van der Waals surface area contributed by atoms with Gasteiger partial charge in [0.1, 0.15) is 0 Å². The summed E-state index contributed by atoms with van der Waals surface area (Å²) < 4.78 is 1.73. The number of rotatable bonds is 5. The summed E-state index contributed by atoms with van der Waals surface area (Å²) in [6.07, 6.45) is 8.44. The molecule has 0 bridgehead atoms. The first-order valence-electron chi connectivity index (χ1n) is 10.9. The second kappa shape index (κ2) is 8.42. The van der Waals surface area contributed by atoms with Gasteiger partial charge in [-0.3, -0.25) is 14.6 Å². The SMILES string of the molecule is O=C(NC1CCC(C(=O)O)CC1)c1cnn2cccc(Cc3cc4ccccc4cn3)c12. The van der Waals surface area contributed by atoms with Crippen molar-refractivity contribution < 1.29 is 14.7 Å². The monoisotopic (exact) mass is 428 g/mol. The van der Waals surface area contributed by atoms with Gasteiger partial charge in [-0.2, -0.15) is 5.10 Å². The quantitative estimate of drug-likeness (QED) is 0.503. The lowest BCUT2D eigenvalue weighted by Gasteiger charge is -2.26. The first-order valence-corrected chi connectivity index (χ1v) is 10.9. The van der Waals surface area contributed by atoms with Crippen LogP contribution in [0, 0.1) is 5.92 Å². The van der Waals surface area contributed by atoms with Gasteiger partial charge in [0, 0.05) is 35.9 Å². The van der Waals surface area contributed by atoms with Crippen LogP contribution in [0.1, 0.15) is 47.3 Å². The molecule has 0 spiro atoms. The molecule has 1 aliphatic carbocycles. The number of carboxylic acids is 1. The van der Waals surface area contributed by atoms with E-state index >= 15 is 0 Å². The highest BCUT2D eigenvalue weighted by molar-refractivity contribution is 6.01. The molecule has 3 aromatic heterocycles. The standard InChI is InChI=1S/C25H24N4O3/c30-24(28-20-9-7-16(8-10-20)25(31)32)22-15-27-29-11-3-6-18(23(22)29)13-21-12-17-4-1-2-5-19(17)14-26-21/h1-6,11-12,14-16,20H,7-10,13H2,(H,28,30)(H,31,32). The highest BCUT2D eigenvalue weighted by Gasteiger charge is 2.27. The van der Waals surface area contributed by atoms with Crippen molar-refractivity contribution in [3.8, 4) is 0 Å². The van der Waals surface area contributed by atoms with Crippen LogP contribution in [0.4, 0.5) is 0 Å². The topological polar surface area (TPSA) is 96.6 Å². The number of carbonyl (C=O) groups excluding carboxylic acids is 1. The van der Waals surface area contributed by atoms with Crippen molar-refractivity contribution in [2.45, 2.75) is 38.1 Å². The number of carbonyl (C=O) groups is 2. The lowest BCUT2D eigenvalue weighted by Crippen LogP contribution is -2.38. The molecule has 5 rings (SSSR count). The molecule has 3 heterocycles. The van der Waals surface area contributed by atoms with Crippen LogP contribution in [0.3, 0.4) is 0 Å². The molecule has 1 saturated carbocycles. The Morgan fingerprint density at radius 3 is 2.59 bits per heavy atom. The molecule has 7 nitrogen and oxygen atoms in total. The fourth-order valence-electron chi connectivity index (χ4n) is 4.59. The molecule has 1 aromatic carbocycles. The third-order valence-corrected chi connectivity index (χ3v) is 6.34. The van der Waals surface area contributed by atoms with Crippen LogP contribution in [0.25, 0.3) is 16.3 Å². The normalized spacial score (nSPS) is 18.6. The van der Waals surface area contributed by atoms with Crippen LogP contribution in [-0.4, -0.2) is 37.6 Å². The lowest BCUT2D eigenvalue weighted by molar-refractivity contribution is -0.142. The van der Waals surface area contributed by atoms with E-state index in [1.54, 1.807) is 10.7 Å². The molecule has 0 saturated heterocycles. The molecule has 1 fully saturated rings. The molecule has 1 aliphatic rings. The van der Waals surface area contributed by atoms with Gasteiger partial charge in [0.25, 0.3) is 5.91 Å². The maximum atomic E-state index is 13.1. The Hall–Kier alpha value is -3.74. The van der Waals surface area contributed by atoms with Crippen LogP contribution in [0.5, 0.6) is 0 Å². The zero-order valence-corrected chi connectivity index (χ0v) is 17.6. The number of hydrogen-bond donors (Lipinski definition) is 2. The largest absolute Gasteiger partial charge is 0.481 e. The van der Waals surface area contributed by atoms with E-state index in [0.717, 1.165) is 27.5 Å². The third kappa shape index (κ3) is 3.93. The van der Waals surface area contributed by atoms with Gasteiger partial charge >= 0.3 is 5.97 Å². The minimum absolute atomic E-state index is 0.0117. The number of fused-ring (bicyclic) bond motifs is 2. The van der Waals surface area contributed by atoms with Crippen LogP contribution >= 0.6 is 0 Å². The molecule has 1 amide bonds. The fourth-order valence-corrected chi connectivity index (χ4v) is 4.59. The molecule has 0 unspecified atom stereocenters. The summed E-state index contributed by atoms with van der Waals surface area (Å²) in [6, 6.07) is 14.1. The van der Waals surface area contributed by atoms with Gasteiger partial charge in [0.05, 0.1) is 23.2 Å². The Labute approximate surface area is 185 Å². The first-order chi connectivity index (χ1) is 15.6. The number of amides is 1. The summed E-state index contributed by atoms with van der Waals surface area (Å²) in [5.41, 5.74) is 3.21. The molecule has 162 valence electrons. The number of aliphatic carboxylic acids is 1. The summed E-state index contributed by atoms with van der Waals surface area (Å²) in [6.45, 7) is 0. The van der Waals surface area contributed by atoms with E-state index in [2.05, 4.69) is 27.5 Å². The van der Waals surface area contributed by atoms with E-state index in [0.29, 0.717) is 37.7 Å². The smallest absolute Gasteiger partial charge is 0.306 e. The molecular formula is C25H24N4O3. The average molecular weight is 428 g/mol. The van der Waals surface area contributed by atoms with Crippen LogP contribution in [-0.2, 0) is 11.2 Å². The van der Waals surface area contributed by atoms with Gasteiger partial charge in [-0.1, -0.05) is 30.3 Å². The summed E-state index contributed by atoms with van der Waals surface area (Å²) >= 11 is 0. The predicted molar refractivity (Wildman–Crippen MR) is 121 cm³/mol. The Morgan fingerprint density at radius 2 is 1.81 bits per heavy atom. The number of hydrogen-bond acceptors (Lipinski definition) is 4. The van der Waals surface area contributed by atoms with Gasteiger partial charge in [-0.25, -0.2) is 4.52 Å². The van der Waals surface area contributed by atoms with E-state index in [9.17, 15) is 14.7 Å². The molecule has 2 N–H and O–H groups in total. The van der Waals surface area contributed by atoms with Crippen molar-refractivity contribution >= 4 is 28.2 Å². The average Bonchev–Trinajstić information content (AvgIpc) is 3.25. The number of benzene rings is 1. The van der Waals surface area contributed by atoms with Gasteiger partial charge in [0.2, 0.25) is 0 Å². The number of nitrogens with zero attached hydrogens (tertiary/aromatic N) is 3. The van der Waals surface area contributed by atoms with Gasteiger partial charge < -0.3 is 10.4 Å². The van der Waals surface area contributed by atoms with E-state index in [1.807, 2.05) is 42.7 Å². The highest BCUT2D eigenvalue weighted by atomic mass is 16.4. The van der Waals surface area contributed by atoms with Crippen LogP contribution < -0.4 is 5.32 Å². The minimum atomic E-state index is -0.746. The van der Waals surface area contributed by atoms with Crippen LogP contribution in [0.15, 0.2) is 61.1 Å². The molecule has 0 radical (unpaired) electrons. The number of pyridine rings is 2. The lowest BCUT2D eigenvalue weighted by atomic mass is 9.86. The van der Waals surface area contributed by atoms with Gasteiger partial charge in [-0.15, -0.1) is 0 Å². The summed E-state index contributed by atoms with van der Waals surface area (Å²) in [7, 11) is 0. The van der Waals surface area contributed by atoms with E-state index in [-0.39, 0.29) is 17.9 Å². The molecule has 7 heteroatoms. The van der Waals surface area contributed by atoms with Crippen molar-refractivity contribution in [3.05, 3.63) is 77.9 Å². The maximum absolute atomic E-state index is 13.1. The number of aromatic nitrogens is 3. The Bertz CT molecular complexity index is 1310. The van der Waals surface area contributed by atoms with Crippen molar-refractivity contribution in [1.82, 2.24) is 19.9 Å². The first kappa shape index (κ1) is 20.2. The zero-order chi connectivity index (χ0) is 22.1. The molecule has 4 aromatic rings. The van der Waals surface area contributed by atoms with E-state index in [4.69, 9.17) is 0 Å². The predicted octanol–water partition coefficient (Wildman–Crippen LogP) is 3.85. The van der Waals surface area contributed by atoms with Crippen molar-refractivity contribution in [2.75, 3.05) is 0 Å². The zero-order valence-electron chi connectivity index (χ0n) is 17.6. The van der Waals surface area contributed by atoms with Crippen molar-refractivity contribution in [2.24, 2.45) is 5.92 Å². The second-order valence-electron chi connectivity index (χ2n) is 8.44. The minimum Gasteiger partial charge on any atom is -0.481 e. The fraction of sp³-hybridized carbons (Fsp3) is 0.280.